The fourth-order valence-corrected chi connectivity index (χ4v) is 4.48. The summed E-state index contributed by atoms with van der Waals surface area (Å²) >= 11 is 0. The highest BCUT2D eigenvalue weighted by molar-refractivity contribution is 5.94. The van der Waals surface area contributed by atoms with E-state index in [0.29, 0.717) is 36.4 Å². The molecule has 1 aromatic heterocycles. The zero-order chi connectivity index (χ0) is 21.2. The molecule has 0 saturated heterocycles. The molecule has 1 heterocycles. The van der Waals surface area contributed by atoms with Crippen LogP contribution in [0.15, 0.2) is 30.3 Å². The number of aromatic nitrogens is 1. The second-order valence-electron chi connectivity index (χ2n) is 8.94. The van der Waals surface area contributed by atoms with Crippen LogP contribution in [0.25, 0.3) is 0 Å². The Morgan fingerprint density at radius 1 is 1.34 bits per heavy atom. The second kappa shape index (κ2) is 8.80. The van der Waals surface area contributed by atoms with Crippen LogP contribution < -0.4 is 5.73 Å². The molecule has 1 fully saturated rings. The molecule has 1 aliphatic carbocycles. The van der Waals surface area contributed by atoms with Gasteiger partial charge in [0.05, 0.1) is 12.3 Å². The van der Waals surface area contributed by atoms with Gasteiger partial charge in [-0.15, -0.1) is 0 Å². The molecule has 2 aromatic rings. The highest BCUT2D eigenvalue weighted by atomic mass is 19.1. The van der Waals surface area contributed by atoms with Crippen molar-refractivity contribution in [3.63, 3.8) is 0 Å². The first-order valence-corrected chi connectivity index (χ1v) is 10.6. The number of carbonyl (C=O) groups excluding carboxylic acids is 1. The molecule has 0 bridgehead atoms. The smallest absolute Gasteiger partial charge is 0.179 e. The van der Waals surface area contributed by atoms with Gasteiger partial charge >= 0.3 is 0 Å². The number of hydrogen-bond acceptors (Lipinski definition) is 3. The molecule has 2 atom stereocenters. The highest BCUT2D eigenvalue weighted by Crippen LogP contribution is 2.39. The largest absolute Gasteiger partial charge is 0.394 e. The maximum Gasteiger partial charge on any atom is 0.179 e. The van der Waals surface area contributed by atoms with E-state index < -0.39 is 5.54 Å². The Morgan fingerprint density at radius 3 is 2.76 bits per heavy atom. The molecular weight excluding hydrogens is 367 g/mol. The van der Waals surface area contributed by atoms with Crippen LogP contribution in [0.1, 0.15) is 85.1 Å². The van der Waals surface area contributed by atoms with Gasteiger partial charge in [0.25, 0.3) is 0 Å². The predicted octanol–water partition coefficient (Wildman–Crippen LogP) is 4.45. The van der Waals surface area contributed by atoms with E-state index in [0.717, 1.165) is 30.5 Å². The number of aliphatic hydroxyl groups is 1. The van der Waals surface area contributed by atoms with Crippen LogP contribution in [0.4, 0.5) is 4.39 Å². The molecular formula is C24H33FN2O2. The predicted molar refractivity (Wildman–Crippen MR) is 114 cm³/mol. The quantitative estimate of drug-likeness (QED) is 0.643. The normalized spacial score (nSPS) is 21.8. The van der Waals surface area contributed by atoms with Gasteiger partial charge in [0, 0.05) is 30.6 Å². The van der Waals surface area contributed by atoms with Crippen molar-refractivity contribution in [2.45, 2.75) is 69.7 Å². The lowest BCUT2D eigenvalue weighted by Crippen LogP contribution is -2.40. The number of aryl methyl sites for hydroxylation is 1. The number of rotatable bonds is 8. The molecule has 0 unspecified atom stereocenters. The third-order valence-corrected chi connectivity index (χ3v) is 6.41. The molecule has 3 N–H and O–H groups in total. The van der Waals surface area contributed by atoms with Gasteiger partial charge in [0.2, 0.25) is 0 Å². The maximum absolute atomic E-state index is 14.1. The lowest BCUT2D eigenvalue weighted by atomic mass is 9.97. The van der Waals surface area contributed by atoms with Gasteiger partial charge in [-0.1, -0.05) is 26.0 Å². The summed E-state index contributed by atoms with van der Waals surface area (Å²) in [6.07, 6.45) is 4.03. The number of hydrogen-bond donors (Lipinski definition) is 2. The number of carbonyl (C=O) groups is 1. The molecule has 1 saturated carbocycles. The van der Waals surface area contributed by atoms with Gasteiger partial charge in [0.1, 0.15) is 5.82 Å². The monoisotopic (exact) mass is 400 g/mol. The fraction of sp³-hybridized carbons (Fsp3) is 0.542. The van der Waals surface area contributed by atoms with Crippen LogP contribution in [0.2, 0.25) is 0 Å². The van der Waals surface area contributed by atoms with E-state index >= 15 is 0 Å². The zero-order valence-electron chi connectivity index (χ0n) is 17.7. The molecule has 29 heavy (non-hydrogen) atoms. The summed E-state index contributed by atoms with van der Waals surface area (Å²) in [4.78, 5) is 12.7. The van der Waals surface area contributed by atoms with Crippen molar-refractivity contribution >= 4 is 5.78 Å². The van der Waals surface area contributed by atoms with E-state index in [2.05, 4.69) is 13.8 Å². The summed E-state index contributed by atoms with van der Waals surface area (Å²) in [6.45, 7) is 4.18. The molecule has 158 valence electrons. The van der Waals surface area contributed by atoms with E-state index in [1.807, 2.05) is 35.9 Å². The third kappa shape index (κ3) is 4.78. The van der Waals surface area contributed by atoms with Crippen molar-refractivity contribution in [2.75, 3.05) is 6.61 Å². The van der Waals surface area contributed by atoms with Gasteiger partial charge in [0.15, 0.2) is 5.78 Å². The van der Waals surface area contributed by atoms with Crippen molar-refractivity contribution in [3.05, 3.63) is 58.7 Å². The Kier molecular flexibility index (Phi) is 6.59. The minimum Gasteiger partial charge on any atom is -0.394 e. The van der Waals surface area contributed by atoms with E-state index in [1.54, 1.807) is 0 Å². The molecule has 0 aliphatic heterocycles. The Bertz CT molecular complexity index is 874. The van der Waals surface area contributed by atoms with Crippen LogP contribution in [0.3, 0.4) is 0 Å². The van der Waals surface area contributed by atoms with E-state index in [4.69, 9.17) is 5.73 Å². The molecule has 0 radical (unpaired) electrons. The standard InChI is InChI=1S/C24H33FN2O2/c1-16(2)17-7-8-20(25)18(13-17)5-4-6-23(29)22-10-9-21(27(22)3)19-11-12-24(26,14-19)15-28/h7-10,13,16,19,28H,4-6,11-12,14-15,26H2,1-3H3/t19-,24+/m0/s1. The van der Waals surface area contributed by atoms with Crippen LogP contribution in [0, 0.1) is 5.82 Å². The summed E-state index contributed by atoms with van der Waals surface area (Å²) in [5.41, 5.74) is 9.30. The summed E-state index contributed by atoms with van der Waals surface area (Å²) < 4.78 is 16.1. The van der Waals surface area contributed by atoms with Gasteiger partial charge in [-0.05, 0) is 67.3 Å². The fourth-order valence-electron chi connectivity index (χ4n) is 4.48. The number of nitrogens with zero attached hydrogens (tertiary/aromatic N) is 1. The van der Waals surface area contributed by atoms with E-state index in [1.165, 1.54) is 6.07 Å². The first-order valence-electron chi connectivity index (χ1n) is 10.6. The minimum absolute atomic E-state index is 0.00568. The SMILES string of the molecule is CC(C)c1ccc(F)c(CCCC(=O)c2ccc([C@H]3CC[C@](N)(CO)C3)n2C)c1. The van der Waals surface area contributed by atoms with Gasteiger partial charge in [-0.2, -0.15) is 0 Å². The number of halogens is 1. The topological polar surface area (TPSA) is 68.2 Å². The number of aliphatic hydroxyl groups excluding tert-OH is 1. The van der Waals surface area contributed by atoms with Gasteiger partial charge < -0.3 is 15.4 Å². The summed E-state index contributed by atoms with van der Waals surface area (Å²) in [5, 5.41) is 9.50. The molecule has 1 aromatic carbocycles. The Balaban J connectivity index is 1.61. The average molecular weight is 401 g/mol. The van der Waals surface area contributed by atoms with Crippen molar-refractivity contribution in [1.82, 2.24) is 4.57 Å². The molecule has 4 nitrogen and oxygen atoms in total. The van der Waals surface area contributed by atoms with Crippen LogP contribution in [0.5, 0.6) is 0 Å². The van der Waals surface area contributed by atoms with Crippen LogP contribution in [-0.4, -0.2) is 27.6 Å². The zero-order valence-corrected chi connectivity index (χ0v) is 17.7. The number of ketones is 1. The first-order chi connectivity index (χ1) is 13.7. The summed E-state index contributed by atoms with van der Waals surface area (Å²) in [5.74, 6) is 0.509. The molecule has 3 rings (SSSR count). The Hall–Kier alpha value is -1.98. The lowest BCUT2D eigenvalue weighted by molar-refractivity contribution is 0.0972. The average Bonchev–Trinajstić information content (AvgIpc) is 3.26. The minimum atomic E-state index is -0.506. The van der Waals surface area contributed by atoms with Crippen molar-refractivity contribution in [3.8, 4) is 0 Å². The second-order valence-corrected chi connectivity index (χ2v) is 8.94. The molecule has 1 aliphatic rings. The highest BCUT2D eigenvalue weighted by Gasteiger charge is 2.37. The number of Topliss-reactive ketones (excluding diaryl/α,β-unsaturated/α-hetero) is 1. The van der Waals surface area contributed by atoms with E-state index in [-0.39, 0.29) is 24.1 Å². The Labute approximate surface area is 172 Å². The Morgan fingerprint density at radius 2 is 2.10 bits per heavy atom. The van der Waals surface area contributed by atoms with Crippen LogP contribution in [-0.2, 0) is 13.5 Å². The molecule has 5 heteroatoms. The van der Waals surface area contributed by atoms with Gasteiger partial charge in [-0.25, -0.2) is 4.39 Å². The maximum atomic E-state index is 14.1. The lowest BCUT2D eigenvalue weighted by Gasteiger charge is -2.21. The van der Waals surface area contributed by atoms with Crippen molar-refractivity contribution in [1.29, 1.82) is 0 Å². The molecule has 0 amide bonds. The van der Waals surface area contributed by atoms with Gasteiger partial charge in [-0.3, -0.25) is 4.79 Å². The third-order valence-electron chi connectivity index (χ3n) is 6.41. The summed E-state index contributed by atoms with van der Waals surface area (Å²) in [6, 6.07) is 9.17. The van der Waals surface area contributed by atoms with Crippen molar-refractivity contribution < 1.29 is 14.3 Å². The number of benzene rings is 1. The first kappa shape index (κ1) is 21.7. The summed E-state index contributed by atoms with van der Waals surface area (Å²) in [7, 11) is 1.92. The van der Waals surface area contributed by atoms with E-state index in [9.17, 15) is 14.3 Å². The number of nitrogens with two attached hydrogens (primary N) is 1. The molecule has 0 spiro atoms. The van der Waals surface area contributed by atoms with Crippen LogP contribution >= 0.6 is 0 Å². The van der Waals surface area contributed by atoms with Crippen molar-refractivity contribution in [2.24, 2.45) is 12.8 Å².